The summed E-state index contributed by atoms with van der Waals surface area (Å²) in [6.45, 7) is 2.28. The predicted molar refractivity (Wildman–Crippen MR) is 111 cm³/mol. The molecular formula is C20H21ClN4O4. The van der Waals surface area contributed by atoms with E-state index in [0.29, 0.717) is 42.7 Å². The second kappa shape index (κ2) is 7.71. The SMILES string of the molecule is COc1cc(OC)c(-c2cn3ccc(N4CCN(C(=O)O)CC4)cc3n2)cc1Cl. The maximum absolute atomic E-state index is 11.1. The number of carbonyl (C=O) groups is 1. The van der Waals surface area contributed by atoms with Gasteiger partial charge in [0, 0.05) is 62.0 Å². The number of piperazine rings is 1. The Morgan fingerprint density at radius 3 is 2.48 bits per heavy atom. The van der Waals surface area contributed by atoms with Crippen molar-refractivity contribution in [3.8, 4) is 22.8 Å². The van der Waals surface area contributed by atoms with E-state index in [1.165, 1.54) is 4.90 Å². The summed E-state index contributed by atoms with van der Waals surface area (Å²) in [6.07, 6.45) is 3.00. The van der Waals surface area contributed by atoms with Crippen LogP contribution in [0.4, 0.5) is 10.5 Å². The van der Waals surface area contributed by atoms with Gasteiger partial charge in [-0.2, -0.15) is 0 Å². The van der Waals surface area contributed by atoms with Crippen LogP contribution in [-0.2, 0) is 0 Å². The highest BCUT2D eigenvalue weighted by Crippen LogP contribution is 2.38. The molecule has 0 aliphatic carbocycles. The number of carboxylic acid groups (broad SMARTS) is 1. The zero-order valence-electron chi connectivity index (χ0n) is 16.1. The topological polar surface area (TPSA) is 79.5 Å². The molecular weight excluding hydrogens is 396 g/mol. The molecule has 29 heavy (non-hydrogen) atoms. The van der Waals surface area contributed by atoms with E-state index in [2.05, 4.69) is 4.90 Å². The van der Waals surface area contributed by atoms with Gasteiger partial charge in [-0.1, -0.05) is 11.6 Å². The number of aromatic nitrogens is 2. The Balaban J connectivity index is 1.65. The fraction of sp³-hybridized carbons (Fsp3) is 0.300. The molecule has 0 atom stereocenters. The number of methoxy groups -OCH3 is 2. The first-order valence-electron chi connectivity index (χ1n) is 9.13. The number of hydrogen-bond acceptors (Lipinski definition) is 5. The average molecular weight is 417 g/mol. The van der Waals surface area contributed by atoms with Crippen molar-refractivity contribution in [2.75, 3.05) is 45.3 Å². The van der Waals surface area contributed by atoms with E-state index >= 15 is 0 Å². The maximum Gasteiger partial charge on any atom is 0.407 e. The van der Waals surface area contributed by atoms with Crippen molar-refractivity contribution in [2.45, 2.75) is 0 Å². The zero-order chi connectivity index (χ0) is 20.5. The molecule has 1 saturated heterocycles. The first kappa shape index (κ1) is 19.2. The van der Waals surface area contributed by atoms with Gasteiger partial charge in [-0.05, 0) is 12.1 Å². The lowest BCUT2D eigenvalue weighted by Crippen LogP contribution is -2.48. The maximum atomic E-state index is 11.1. The summed E-state index contributed by atoms with van der Waals surface area (Å²) in [7, 11) is 3.15. The second-order valence-corrected chi connectivity index (χ2v) is 7.13. The van der Waals surface area contributed by atoms with Crippen molar-refractivity contribution in [3.63, 3.8) is 0 Å². The van der Waals surface area contributed by atoms with Crippen molar-refractivity contribution in [1.29, 1.82) is 0 Å². The Morgan fingerprint density at radius 2 is 1.83 bits per heavy atom. The smallest absolute Gasteiger partial charge is 0.407 e. The molecule has 0 bridgehead atoms. The second-order valence-electron chi connectivity index (χ2n) is 6.72. The van der Waals surface area contributed by atoms with Gasteiger partial charge in [-0.3, -0.25) is 0 Å². The molecule has 1 fully saturated rings. The molecule has 1 aromatic carbocycles. The van der Waals surface area contributed by atoms with Crippen LogP contribution < -0.4 is 14.4 Å². The van der Waals surface area contributed by atoms with E-state index in [-0.39, 0.29) is 0 Å². The van der Waals surface area contributed by atoms with E-state index in [1.54, 1.807) is 26.4 Å². The molecule has 4 rings (SSSR count). The monoisotopic (exact) mass is 416 g/mol. The predicted octanol–water partition coefficient (Wildman–Crippen LogP) is 3.47. The van der Waals surface area contributed by atoms with Crippen LogP contribution in [-0.4, -0.2) is 65.9 Å². The highest BCUT2D eigenvalue weighted by molar-refractivity contribution is 6.32. The van der Waals surface area contributed by atoms with Crippen LogP contribution in [0.2, 0.25) is 5.02 Å². The Hall–Kier alpha value is -3.13. The van der Waals surface area contributed by atoms with Crippen molar-refractivity contribution >= 4 is 29.0 Å². The van der Waals surface area contributed by atoms with E-state index in [4.69, 9.17) is 31.2 Å². The summed E-state index contributed by atoms with van der Waals surface area (Å²) in [6, 6.07) is 7.53. The number of nitrogens with zero attached hydrogens (tertiary/aromatic N) is 4. The molecule has 2 aromatic heterocycles. The Labute approximate surface area is 172 Å². The highest BCUT2D eigenvalue weighted by Gasteiger charge is 2.21. The van der Waals surface area contributed by atoms with E-state index < -0.39 is 6.09 Å². The van der Waals surface area contributed by atoms with Gasteiger partial charge in [0.1, 0.15) is 17.1 Å². The molecule has 3 aromatic rings. The van der Waals surface area contributed by atoms with Crippen LogP contribution in [0.15, 0.2) is 36.7 Å². The fourth-order valence-electron chi connectivity index (χ4n) is 3.51. The molecule has 1 aliphatic rings. The molecule has 152 valence electrons. The number of rotatable bonds is 4. The summed E-state index contributed by atoms with van der Waals surface area (Å²) in [5, 5.41) is 9.59. The van der Waals surface area contributed by atoms with Crippen LogP contribution in [0.1, 0.15) is 0 Å². The third kappa shape index (κ3) is 3.63. The Morgan fingerprint density at radius 1 is 1.10 bits per heavy atom. The van der Waals surface area contributed by atoms with Crippen molar-refractivity contribution in [3.05, 3.63) is 41.7 Å². The van der Waals surface area contributed by atoms with Crippen LogP contribution in [0.25, 0.3) is 16.9 Å². The van der Waals surface area contributed by atoms with Gasteiger partial charge in [0.15, 0.2) is 0 Å². The summed E-state index contributed by atoms with van der Waals surface area (Å²) < 4.78 is 12.7. The highest BCUT2D eigenvalue weighted by atomic mass is 35.5. The van der Waals surface area contributed by atoms with Gasteiger partial charge in [0.05, 0.1) is 24.9 Å². The largest absolute Gasteiger partial charge is 0.496 e. The molecule has 0 unspecified atom stereocenters. The van der Waals surface area contributed by atoms with Gasteiger partial charge in [0.25, 0.3) is 0 Å². The summed E-state index contributed by atoms with van der Waals surface area (Å²) in [5.41, 5.74) is 3.31. The van der Waals surface area contributed by atoms with Gasteiger partial charge < -0.3 is 28.8 Å². The molecule has 0 spiro atoms. The van der Waals surface area contributed by atoms with Gasteiger partial charge in [-0.15, -0.1) is 0 Å². The first-order chi connectivity index (χ1) is 14.0. The van der Waals surface area contributed by atoms with Gasteiger partial charge in [0.2, 0.25) is 0 Å². The number of pyridine rings is 1. The fourth-order valence-corrected chi connectivity index (χ4v) is 3.75. The lowest BCUT2D eigenvalue weighted by Gasteiger charge is -2.34. The third-order valence-electron chi connectivity index (χ3n) is 5.11. The number of halogens is 1. The normalized spacial score (nSPS) is 14.3. The number of amides is 1. The van der Waals surface area contributed by atoms with Crippen LogP contribution in [0, 0.1) is 0 Å². The number of ether oxygens (including phenoxy) is 2. The van der Waals surface area contributed by atoms with Crippen LogP contribution in [0.3, 0.4) is 0 Å². The summed E-state index contributed by atoms with van der Waals surface area (Å²) in [5.74, 6) is 1.17. The van der Waals surface area contributed by atoms with E-state index in [1.807, 2.05) is 28.9 Å². The first-order valence-corrected chi connectivity index (χ1v) is 9.51. The van der Waals surface area contributed by atoms with E-state index in [0.717, 1.165) is 22.6 Å². The lowest BCUT2D eigenvalue weighted by atomic mass is 10.1. The molecule has 1 N–H and O–H groups in total. The van der Waals surface area contributed by atoms with Crippen molar-refractivity contribution < 1.29 is 19.4 Å². The molecule has 1 aliphatic heterocycles. The molecule has 1 amide bonds. The van der Waals surface area contributed by atoms with Gasteiger partial charge >= 0.3 is 6.09 Å². The molecule has 8 nitrogen and oxygen atoms in total. The number of hydrogen-bond donors (Lipinski definition) is 1. The number of imidazole rings is 1. The summed E-state index contributed by atoms with van der Waals surface area (Å²) in [4.78, 5) is 19.4. The average Bonchev–Trinajstić information content (AvgIpc) is 3.16. The molecule has 3 heterocycles. The molecule has 9 heteroatoms. The van der Waals surface area contributed by atoms with E-state index in [9.17, 15) is 4.79 Å². The quantitative estimate of drug-likeness (QED) is 0.701. The lowest BCUT2D eigenvalue weighted by molar-refractivity contribution is 0.142. The Bertz CT molecular complexity index is 1060. The molecule has 0 saturated carbocycles. The zero-order valence-corrected chi connectivity index (χ0v) is 16.9. The van der Waals surface area contributed by atoms with Gasteiger partial charge in [-0.25, -0.2) is 9.78 Å². The Kier molecular flexibility index (Phi) is 5.10. The van der Waals surface area contributed by atoms with Crippen LogP contribution >= 0.6 is 11.6 Å². The number of anilines is 1. The van der Waals surface area contributed by atoms with Crippen LogP contribution in [0.5, 0.6) is 11.5 Å². The minimum Gasteiger partial charge on any atom is -0.496 e. The van der Waals surface area contributed by atoms with Crippen molar-refractivity contribution in [2.24, 2.45) is 0 Å². The molecule has 0 radical (unpaired) electrons. The number of fused-ring (bicyclic) bond motifs is 1. The third-order valence-corrected chi connectivity index (χ3v) is 5.40. The minimum absolute atomic E-state index is 0.484. The standard InChI is InChI=1S/C20H21ClN4O4/c1-28-17-11-18(29-2)15(21)10-14(17)16-12-25-4-3-13(9-19(25)22-16)23-5-7-24(8-6-23)20(26)27/h3-4,9-12H,5-8H2,1-2H3,(H,26,27). The summed E-state index contributed by atoms with van der Waals surface area (Å²) >= 11 is 6.30. The van der Waals surface area contributed by atoms with Crippen molar-refractivity contribution in [1.82, 2.24) is 14.3 Å². The number of benzene rings is 1. The minimum atomic E-state index is -0.870.